The van der Waals surface area contributed by atoms with Crippen LogP contribution in [0.3, 0.4) is 0 Å². The Morgan fingerprint density at radius 1 is 1.29 bits per heavy atom. The summed E-state index contributed by atoms with van der Waals surface area (Å²) in [4.78, 5) is 0. The standard InChI is InChI=1S/C14H17NO2/c1-9(2)12(7-15)5-11-6-14-13(4-10(11)3)16-8-17-14/h4,6,9,12H,5,8H2,1-3H3. The monoisotopic (exact) mass is 231 g/mol. The van der Waals surface area contributed by atoms with E-state index in [-0.39, 0.29) is 5.92 Å². The minimum absolute atomic E-state index is 0.0501. The van der Waals surface area contributed by atoms with E-state index in [1.165, 1.54) is 5.56 Å². The molecule has 1 aliphatic heterocycles. The number of ether oxygens (including phenoxy) is 2. The molecule has 0 saturated heterocycles. The van der Waals surface area contributed by atoms with Gasteiger partial charge in [0.2, 0.25) is 6.79 Å². The van der Waals surface area contributed by atoms with Crippen LogP contribution in [-0.2, 0) is 6.42 Å². The number of nitriles is 1. The Morgan fingerprint density at radius 3 is 2.53 bits per heavy atom. The van der Waals surface area contributed by atoms with Crippen molar-refractivity contribution in [3.05, 3.63) is 23.3 Å². The van der Waals surface area contributed by atoms with E-state index in [1.807, 2.05) is 19.1 Å². The molecule has 2 rings (SSSR count). The van der Waals surface area contributed by atoms with Crippen molar-refractivity contribution in [2.24, 2.45) is 11.8 Å². The fourth-order valence-electron chi connectivity index (χ4n) is 1.97. The second-order valence-corrected chi connectivity index (χ2v) is 4.82. The van der Waals surface area contributed by atoms with E-state index in [4.69, 9.17) is 14.7 Å². The maximum atomic E-state index is 9.14. The molecule has 3 heteroatoms. The summed E-state index contributed by atoms with van der Waals surface area (Å²) < 4.78 is 10.7. The van der Waals surface area contributed by atoms with Gasteiger partial charge in [0.05, 0.1) is 12.0 Å². The van der Waals surface area contributed by atoms with Crippen LogP contribution >= 0.6 is 0 Å². The Bertz CT molecular complexity index is 460. The molecule has 0 fully saturated rings. The van der Waals surface area contributed by atoms with Crippen LogP contribution in [0.5, 0.6) is 11.5 Å². The van der Waals surface area contributed by atoms with E-state index in [0.717, 1.165) is 23.5 Å². The van der Waals surface area contributed by atoms with Gasteiger partial charge in [0.15, 0.2) is 11.5 Å². The van der Waals surface area contributed by atoms with Crippen LogP contribution in [0, 0.1) is 30.1 Å². The van der Waals surface area contributed by atoms with Crippen LogP contribution < -0.4 is 9.47 Å². The predicted molar refractivity (Wildman–Crippen MR) is 64.9 cm³/mol. The third-order valence-corrected chi connectivity index (χ3v) is 3.24. The fraction of sp³-hybridized carbons (Fsp3) is 0.500. The van der Waals surface area contributed by atoms with Gasteiger partial charge in [0, 0.05) is 0 Å². The van der Waals surface area contributed by atoms with Crippen molar-refractivity contribution in [3.8, 4) is 17.6 Å². The maximum Gasteiger partial charge on any atom is 0.231 e. The molecular weight excluding hydrogens is 214 g/mol. The van der Waals surface area contributed by atoms with E-state index in [0.29, 0.717) is 12.7 Å². The molecule has 17 heavy (non-hydrogen) atoms. The topological polar surface area (TPSA) is 42.2 Å². The van der Waals surface area contributed by atoms with Crippen LogP contribution in [0.15, 0.2) is 12.1 Å². The lowest BCUT2D eigenvalue weighted by Crippen LogP contribution is -2.10. The highest BCUT2D eigenvalue weighted by Crippen LogP contribution is 2.35. The summed E-state index contributed by atoms with van der Waals surface area (Å²) in [7, 11) is 0. The fourth-order valence-corrected chi connectivity index (χ4v) is 1.97. The molecule has 1 aromatic rings. The van der Waals surface area contributed by atoms with E-state index in [9.17, 15) is 0 Å². The molecule has 0 N–H and O–H groups in total. The van der Waals surface area contributed by atoms with Gasteiger partial charge in [-0.3, -0.25) is 0 Å². The van der Waals surface area contributed by atoms with Crippen molar-refractivity contribution in [1.29, 1.82) is 5.26 Å². The maximum absolute atomic E-state index is 9.14. The average Bonchev–Trinajstić information content (AvgIpc) is 2.72. The highest BCUT2D eigenvalue weighted by molar-refractivity contribution is 5.48. The summed E-state index contributed by atoms with van der Waals surface area (Å²) in [5, 5.41) is 9.14. The molecule has 1 aliphatic rings. The highest BCUT2D eigenvalue weighted by atomic mass is 16.7. The van der Waals surface area contributed by atoms with Crippen molar-refractivity contribution >= 4 is 0 Å². The first-order valence-electron chi connectivity index (χ1n) is 5.90. The Morgan fingerprint density at radius 2 is 1.94 bits per heavy atom. The third kappa shape index (κ3) is 2.36. The summed E-state index contributed by atoms with van der Waals surface area (Å²) in [5.74, 6) is 2.02. The quantitative estimate of drug-likeness (QED) is 0.802. The molecule has 0 aliphatic carbocycles. The van der Waals surface area contributed by atoms with E-state index >= 15 is 0 Å². The Labute approximate surface area is 102 Å². The van der Waals surface area contributed by atoms with E-state index in [1.54, 1.807) is 0 Å². The largest absolute Gasteiger partial charge is 0.454 e. The lowest BCUT2D eigenvalue weighted by Gasteiger charge is -2.14. The van der Waals surface area contributed by atoms with Crippen molar-refractivity contribution in [3.63, 3.8) is 0 Å². The van der Waals surface area contributed by atoms with Gasteiger partial charge in [-0.15, -0.1) is 0 Å². The molecule has 0 spiro atoms. The zero-order chi connectivity index (χ0) is 12.4. The minimum Gasteiger partial charge on any atom is -0.454 e. The Kier molecular flexibility index (Phi) is 3.23. The Balaban J connectivity index is 2.25. The number of fused-ring (bicyclic) bond motifs is 1. The van der Waals surface area contributed by atoms with Gasteiger partial charge in [-0.05, 0) is 42.5 Å². The Hall–Kier alpha value is -1.69. The molecule has 0 amide bonds. The SMILES string of the molecule is Cc1cc2c(cc1CC(C#N)C(C)C)OCO2. The normalized spacial score (nSPS) is 14.8. The van der Waals surface area contributed by atoms with Gasteiger partial charge in [-0.1, -0.05) is 13.8 Å². The summed E-state index contributed by atoms with van der Waals surface area (Å²) in [6.07, 6.45) is 0.774. The first-order chi connectivity index (χ1) is 8.11. The molecule has 1 heterocycles. The number of hydrogen-bond acceptors (Lipinski definition) is 3. The third-order valence-electron chi connectivity index (χ3n) is 3.24. The number of nitrogens with zero attached hydrogens (tertiary/aromatic N) is 1. The highest BCUT2D eigenvalue weighted by Gasteiger charge is 2.19. The van der Waals surface area contributed by atoms with Gasteiger partial charge in [-0.25, -0.2) is 0 Å². The van der Waals surface area contributed by atoms with Crippen molar-refractivity contribution in [1.82, 2.24) is 0 Å². The van der Waals surface area contributed by atoms with Crippen LogP contribution in [0.4, 0.5) is 0 Å². The first kappa shape index (κ1) is 11.8. The zero-order valence-corrected chi connectivity index (χ0v) is 10.5. The number of hydrogen-bond donors (Lipinski definition) is 0. The number of aryl methyl sites for hydroxylation is 1. The zero-order valence-electron chi connectivity index (χ0n) is 10.5. The van der Waals surface area contributed by atoms with Gasteiger partial charge in [0.1, 0.15) is 0 Å². The average molecular weight is 231 g/mol. The molecule has 1 atom stereocenters. The molecule has 1 unspecified atom stereocenters. The summed E-state index contributed by atoms with van der Waals surface area (Å²) in [6, 6.07) is 6.37. The van der Waals surface area contributed by atoms with E-state index < -0.39 is 0 Å². The molecule has 1 aromatic carbocycles. The van der Waals surface area contributed by atoms with Crippen LogP contribution in [0.1, 0.15) is 25.0 Å². The summed E-state index contributed by atoms with van der Waals surface area (Å²) in [5.41, 5.74) is 2.34. The van der Waals surface area contributed by atoms with Crippen molar-refractivity contribution < 1.29 is 9.47 Å². The molecule has 0 aromatic heterocycles. The van der Waals surface area contributed by atoms with E-state index in [2.05, 4.69) is 19.9 Å². The molecule has 90 valence electrons. The lowest BCUT2D eigenvalue weighted by atomic mass is 9.89. The molecular formula is C14H17NO2. The molecule has 0 radical (unpaired) electrons. The number of benzene rings is 1. The van der Waals surface area contributed by atoms with Crippen molar-refractivity contribution in [2.45, 2.75) is 27.2 Å². The predicted octanol–water partition coefficient (Wildman–Crippen LogP) is 3.06. The number of rotatable bonds is 3. The molecule has 3 nitrogen and oxygen atoms in total. The van der Waals surface area contributed by atoms with Crippen LogP contribution in [-0.4, -0.2) is 6.79 Å². The van der Waals surface area contributed by atoms with Gasteiger partial charge in [0.25, 0.3) is 0 Å². The van der Waals surface area contributed by atoms with Gasteiger partial charge in [-0.2, -0.15) is 5.26 Å². The van der Waals surface area contributed by atoms with Crippen molar-refractivity contribution in [2.75, 3.05) is 6.79 Å². The summed E-state index contributed by atoms with van der Waals surface area (Å²) >= 11 is 0. The lowest BCUT2D eigenvalue weighted by molar-refractivity contribution is 0.174. The van der Waals surface area contributed by atoms with Crippen LogP contribution in [0.2, 0.25) is 0 Å². The molecule has 0 bridgehead atoms. The van der Waals surface area contributed by atoms with Gasteiger partial charge < -0.3 is 9.47 Å². The minimum atomic E-state index is 0.0501. The second kappa shape index (κ2) is 4.67. The summed E-state index contributed by atoms with van der Waals surface area (Å²) in [6.45, 7) is 6.50. The van der Waals surface area contributed by atoms with Crippen LogP contribution in [0.25, 0.3) is 0 Å². The first-order valence-corrected chi connectivity index (χ1v) is 5.90. The van der Waals surface area contributed by atoms with Gasteiger partial charge >= 0.3 is 0 Å². The smallest absolute Gasteiger partial charge is 0.231 e. The molecule has 0 saturated carbocycles. The second-order valence-electron chi connectivity index (χ2n) is 4.82.